The zero-order valence-electron chi connectivity index (χ0n) is 10.2. The summed E-state index contributed by atoms with van der Waals surface area (Å²) < 4.78 is 0. The maximum atomic E-state index is 9.00. The summed E-state index contributed by atoms with van der Waals surface area (Å²) in [7, 11) is 0. The molecule has 19 heavy (non-hydrogen) atoms. The van der Waals surface area contributed by atoms with Crippen molar-refractivity contribution in [3.8, 4) is 0 Å². The van der Waals surface area contributed by atoms with E-state index in [9.17, 15) is 0 Å². The number of benzene rings is 2. The maximum Gasteiger partial charge on any atom is 0.300 e. The average molecular weight is 323 g/mol. The Morgan fingerprint density at radius 3 is 1.79 bits per heavy atom. The number of hydrogen-bond acceptors (Lipinski definition) is 3. The van der Waals surface area contributed by atoms with Gasteiger partial charge in [-0.2, -0.15) is 0 Å². The fraction of sp³-hybridized carbons (Fsp3) is 0.0714. The van der Waals surface area contributed by atoms with Gasteiger partial charge in [-0.25, -0.2) is 0 Å². The molecule has 0 amide bonds. The number of carboxylic acids is 1. The summed E-state index contributed by atoms with van der Waals surface area (Å²) in [6.07, 6.45) is 0. The molecule has 0 fully saturated rings. The SMILES string of the molecule is CC(=O)O.[Cu].c1ccc2c(c1)Nc1ccccc1S2. The Morgan fingerprint density at radius 1 is 1.00 bits per heavy atom. The smallest absolute Gasteiger partial charge is 0.300 e. The second-order valence-electron chi connectivity index (χ2n) is 3.74. The Bertz CT molecular complexity index is 483. The standard InChI is InChI=1S/C12H9NS.C2H4O2.Cu/c1-3-7-11-9(5-1)13-10-6-2-4-8-12(10)14-11;1-2(3)4;/h1-8,13H;1H3,(H,3,4);. The number of fused-ring (bicyclic) bond motifs is 2. The van der Waals surface area contributed by atoms with Crippen molar-refractivity contribution in [1.29, 1.82) is 0 Å². The van der Waals surface area contributed by atoms with E-state index in [4.69, 9.17) is 9.90 Å². The number of aliphatic carboxylic acids is 1. The van der Waals surface area contributed by atoms with Gasteiger partial charge in [0, 0.05) is 33.8 Å². The van der Waals surface area contributed by atoms with Crippen molar-refractivity contribution in [1.82, 2.24) is 0 Å². The van der Waals surface area contributed by atoms with Gasteiger partial charge in [-0.3, -0.25) is 4.79 Å². The monoisotopic (exact) mass is 322 g/mol. The molecule has 1 heterocycles. The van der Waals surface area contributed by atoms with Gasteiger partial charge in [-0.1, -0.05) is 36.0 Å². The van der Waals surface area contributed by atoms with Gasteiger partial charge in [0.2, 0.25) is 0 Å². The molecule has 103 valence electrons. The average Bonchev–Trinajstić information content (AvgIpc) is 2.35. The minimum absolute atomic E-state index is 0. The van der Waals surface area contributed by atoms with E-state index in [1.165, 1.54) is 21.2 Å². The molecule has 0 saturated carbocycles. The number of carboxylic acid groups (broad SMARTS) is 1. The predicted molar refractivity (Wildman–Crippen MR) is 73.6 cm³/mol. The quantitative estimate of drug-likeness (QED) is 0.615. The molecule has 1 aliphatic heterocycles. The van der Waals surface area contributed by atoms with Crippen LogP contribution in [-0.4, -0.2) is 11.1 Å². The maximum absolute atomic E-state index is 9.00. The summed E-state index contributed by atoms with van der Waals surface area (Å²) in [5.41, 5.74) is 2.41. The summed E-state index contributed by atoms with van der Waals surface area (Å²) in [5.74, 6) is -0.833. The molecular weight excluding hydrogens is 310 g/mol. The number of hydrogen-bond donors (Lipinski definition) is 2. The fourth-order valence-corrected chi connectivity index (χ4v) is 2.57. The van der Waals surface area contributed by atoms with Crippen molar-refractivity contribution in [3.05, 3.63) is 48.5 Å². The van der Waals surface area contributed by atoms with Crippen LogP contribution < -0.4 is 5.32 Å². The van der Waals surface area contributed by atoms with Crippen LogP contribution in [-0.2, 0) is 21.9 Å². The summed E-state index contributed by atoms with van der Waals surface area (Å²) in [6, 6.07) is 16.8. The van der Waals surface area contributed by atoms with E-state index in [1.54, 1.807) is 0 Å². The molecule has 5 heteroatoms. The fourth-order valence-electron chi connectivity index (χ4n) is 1.58. The van der Waals surface area contributed by atoms with Gasteiger partial charge in [-0.05, 0) is 24.3 Å². The number of nitrogens with one attached hydrogen (secondary N) is 1. The molecule has 0 atom stereocenters. The summed E-state index contributed by atoms with van der Waals surface area (Å²) in [4.78, 5) is 11.6. The molecule has 0 aliphatic carbocycles. The van der Waals surface area contributed by atoms with Crippen molar-refractivity contribution >= 4 is 29.1 Å². The van der Waals surface area contributed by atoms with Crippen LogP contribution in [0.15, 0.2) is 58.3 Å². The minimum atomic E-state index is -0.833. The molecule has 0 bridgehead atoms. The molecule has 1 radical (unpaired) electrons. The van der Waals surface area contributed by atoms with E-state index < -0.39 is 5.97 Å². The first kappa shape index (κ1) is 15.6. The Balaban J connectivity index is 0.000000323. The molecule has 2 aromatic rings. The van der Waals surface area contributed by atoms with Crippen LogP contribution in [0, 0.1) is 0 Å². The number of rotatable bonds is 0. The Morgan fingerprint density at radius 2 is 1.37 bits per heavy atom. The zero-order chi connectivity index (χ0) is 13.0. The summed E-state index contributed by atoms with van der Waals surface area (Å²) in [6.45, 7) is 1.08. The van der Waals surface area contributed by atoms with E-state index in [-0.39, 0.29) is 17.1 Å². The Kier molecular flexibility index (Phi) is 5.96. The van der Waals surface area contributed by atoms with Crippen molar-refractivity contribution in [2.24, 2.45) is 0 Å². The Hall–Kier alpha value is -1.42. The first-order valence-electron chi connectivity index (χ1n) is 5.49. The van der Waals surface area contributed by atoms with Crippen LogP contribution in [0.3, 0.4) is 0 Å². The van der Waals surface area contributed by atoms with Crippen molar-refractivity contribution < 1.29 is 27.0 Å². The Labute approximate surface area is 126 Å². The van der Waals surface area contributed by atoms with E-state index in [1.807, 2.05) is 11.8 Å². The van der Waals surface area contributed by atoms with Gasteiger partial charge in [0.15, 0.2) is 0 Å². The van der Waals surface area contributed by atoms with Crippen molar-refractivity contribution in [2.45, 2.75) is 16.7 Å². The summed E-state index contributed by atoms with van der Waals surface area (Å²) in [5, 5.41) is 10.8. The number of para-hydroxylation sites is 2. The number of carbonyl (C=O) groups is 1. The molecule has 2 aromatic carbocycles. The normalized spacial score (nSPS) is 10.6. The third-order valence-electron chi connectivity index (χ3n) is 2.26. The molecule has 0 spiro atoms. The molecule has 0 aromatic heterocycles. The van der Waals surface area contributed by atoms with E-state index >= 15 is 0 Å². The largest absolute Gasteiger partial charge is 0.481 e. The van der Waals surface area contributed by atoms with Gasteiger partial charge in [0.05, 0.1) is 11.4 Å². The van der Waals surface area contributed by atoms with Crippen LogP contribution >= 0.6 is 11.8 Å². The van der Waals surface area contributed by atoms with Gasteiger partial charge >= 0.3 is 0 Å². The van der Waals surface area contributed by atoms with Crippen LogP contribution in [0.5, 0.6) is 0 Å². The molecule has 3 rings (SSSR count). The van der Waals surface area contributed by atoms with Gasteiger partial charge in [-0.15, -0.1) is 0 Å². The van der Waals surface area contributed by atoms with E-state index in [2.05, 4.69) is 53.8 Å². The van der Waals surface area contributed by atoms with Gasteiger partial charge < -0.3 is 10.4 Å². The molecule has 1 aliphatic rings. The van der Waals surface area contributed by atoms with Crippen molar-refractivity contribution in [2.75, 3.05) is 5.32 Å². The molecular formula is C14H13CuNO2S. The van der Waals surface area contributed by atoms with Crippen LogP contribution in [0.1, 0.15) is 6.92 Å². The van der Waals surface area contributed by atoms with E-state index in [0.29, 0.717) is 0 Å². The van der Waals surface area contributed by atoms with Crippen molar-refractivity contribution in [3.63, 3.8) is 0 Å². The summed E-state index contributed by atoms with van der Waals surface area (Å²) >= 11 is 1.82. The third-order valence-corrected chi connectivity index (χ3v) is 3.42. The van der Waals surface area contributed by atoms with Crippen LogP contribution in [0.4, 0.5) is 11.4 Å². The predicted octanol–water partition coefficient (Wildman–Crippen LogP) is 3.98. The first-order valence-corrected chi connectivity index (χ1v) is 6.31. The molecule has 2 N–H and O–H groups in total. The molecule has 0 saturated heterocycles. The second-order valence-corrected chi connectivity index (χ2v) is 4.82. The first-order chi connectivity index (χ1) is 8.66. The van der Waals surface area contributed by atoms with Gasteiger partial charge in [0.25, 0.3) is 5.97 Å². The van der Waals surface area contributed by atoms with Crippen LogP contribution in [0.25, 0.3) is 0 Å². The zero-order valence-corrected chi connectivity index (χ0v) is 11.9. The second kappa shape index (κ2) is 7.24. The van der Waals surface area contributed by atoms with Crippen LogP contribution in [0.2, 0.25) is 0 Å². The molecule has 0 unspecified atom stereocenters. The third kappa shape index (κ3) is 4.31. The topological polar surface area (TPSA) is 49.3 Å². The number of anilines is 2. The molecule has 3 nitrogen and oxygen atoms in total. The van der Waals surface area contributed by atoms with E-state index in [0.717, 1.165) is 6.92 Å². The minimum Gasteiger partial charge on any atom is -0.481 e. The van der Waals surface area contributed by atoms with Gasteiger partial charge in [0.1, 0.15) is 0 Å².